The van der Waals surface area contributed by atoms with Gasteiger partial charge in [0.05, 0.1) is 0 Å². The molecule has 0 radical (unpaired) electrons. The summed E-state index contributed by atoms with van der Waals surface area (Å²) in [5.74, 6) is 0.792. The molecule has 1 aromatic carbocycles. The number of aryl methyl sites for hydroxylation is 1. The van der Waals surface area contributed by atoms with Crippen molar-refractivity contribution in [3.8, 4) is 0 Å². The van der Waals surface area contributed by atoms with Crippen LogP contribution in [0.4, 0.5) is 5.82 Å². The molecule has 2 heterocycles. The van der Waals surface area contributed by atoms with E-state index in [1.807, 2.05) is 18.2 Å². The van der Waals surface area contributed by atoms with Crippen molar-refractivity contribution in [1.29, 1.82) is 0 Å². The zero-order chi connectivity index (χ0) is 19.1. The molecule has 1 aliphatic heterocycles. The Hall–Kier alpha value is -2.87. The highest BCUT2D eigenvalue weighted by molar-refractivity contribution is 5.97. The van der Waals surface area contributed by atoms with Crippen LogP contribution in [-0.2, 0) is 16.2 Å². The van der Waals surface area contributed by atoms with E-state index < -0.39 is 5.91 Å². The minimum atomic E-state index is -0.390. The van der Waals surface area contributed by atoms with Crippen LogP contribution in [0.15, 0.2) is 40.0 Å². The van der Waals surface area contributed by atoms with Crippen LogP contribution in [0.3, 0.4) is 0 Å². The van der Waals surface area contributed by atoms with Gasteiger partial charge in [0, 0.05) is 18.2 Å². The Balaban J connectivity index is 1.51. The van der Waals surface area contributed by atoms with Gasteiger partial charge in [0.1, 0.15) is 5.76 Å². The Morgan fingerprint density at radius 2 is 2.15 bits per heavy atom. The van der Waals surface area contributed by atoms with Crippen LogP contribution in [0.5, 0.6) is 0 Å². The molecule has 1 saturated heterocycles. The van der Waals surface area contributed by atoms with Gasteiger partial charge in [0.15, 0.2) is 18.3 Å². The first-order valence-electron chi connectivity index (χ1n) is 9.10. The summed E-state index contributed by atoms with van der Waals surface area (Å²) in [6.07, 6.45) is 3.83. The first-order chi connectivity index (χ1) is 13.1. The normalized spacial score (nSPS) is 15.5. The number of anilines is 1. The van der Waals surface area contributed by atoms with Gasteiger partial charge in [-0.2, -0.15) is 0 Å². The Morgan fingerprint density at radius 3 is 2.89 bits per heavy atom. The molecular formula is C19H25N5O3. The van der Waals surface area contributed by atoms with E-state index in [9.17, 15) is 4.79 Å². The van der Waals surface area contributed by atoms with E-state index in [0.29, 0.717) is 11.6 Å². The largest absolute Gasteiger partial charge is 0.384 e. The zero-order valence-corrected chi connectivity index (χ0v) is 15.5. The number of aromatic nitrogens is 1. The number of oxime groups is 1. The number of benzene rings is 1. The number of piperidine rings is 1. The summed E-state index contributed by atoms with van der Waals surface area (Å²) in [4.78, 5) is 19.3. The molecule has 0 aliphatic carbocycles. The number of nitrogens with zero attached hydrogens (tertiary/aromatic N) is 3. The number of carbonyl (C=O) groups is 1. The number of hydrogen-bond donors (Lipinski definition) is 2. The molecule has 27 heavy (non-hydrogen) atoms. The lowest BCUT2D eigenvalue weighted by molar-refractivity contribution is -0.120. The van der Waals surface area contributed by atoms with Crippen LogP contribution in [0.2, 0.25) is 0 Å². The number of amidine groups is 1. The Kier molecular flexibility index (Phi) is 6.43. The van der Waals surface area contributed by atoms with Crippen molar-refractivity contribution < 1.29 is 14.2 Å². The molecule has 1 aromatic heterocycles. The number of amides is 1. The smallest absolute Gasteiger partial charge is 0.266 e. The third-order valence-corrected chi connectivity index (χ3v) is 4.33. The summed E-state index contributed by atoms with van der Waals surface area (Å²) < 4.78 is 4.87. The monoisotopic (exact) mass is 371 g/mol. The van der Waals surface area contributed by atoms with Gasteiger partial charge in [0.2, 0.25) is 0 Å². The van der Waals surface area contributed by atoms with Gasteiger partial charge in [-0.05, 0) is 44.5 Å². The second kappa shape index (κ2) is 9.18. The molecule has 2 aromatic rings. The summed E-state index contributed by atoms with van der Waals surface area (Å²) in [6.45, 7) is 4.65. The maximum absolute atomic E-state index is 11.8. The van der Waals surface area contributed by atoms with Gasteiger partial charge < -0.3 is 20.4 Å². The van der Waals surface area contributed by atoms with Crippen molar-refractivity contribution in [1.82, 2.24) is 10.1 Å². The lowest BCUT2D eigenvalue weighted by Gasteiger charge is -2.26. The highest BCUT2D eigenvalue weighted by Crippen LogP contribution is 2.14. The Labute approximate surface area is 158 Å². The number of nitrogens with two attached hydrogens (primary N) is 1. The molecule has 3 N–H and O–H groups in total. The summed E-state index contributed by atoms with van der Waals surface area (Å²) in [5.41, 5.74) is 7.95. The molecule has 0 bridgehead atoms. The van der Waals surface area contributed by atoms with Crippen molar-refractivity contribution in [3.63, 3.8) is 0 Å². The number of rotatable bonds is 7. The van der Waals surface area contributed by atoms with Crippen molar-refractivity contribution in [2.75, 3.05) is 25.0 Å². The van der Waals surface area contributed by atoms with E-state index in [2.05, 4.69) is 26.6 Å². The molecule has 8 nitrogen and oxygen atoms in total. The molecule has 1 fully saturated rings. The maximum atomic E-state index is 11.8. The van der Waals surface area contributed by atoms with Gasteiger partial charge in [-0.1, -0.05) is 34.9 Å². The van der Waals surface area contributed by atoms with E-state index in [1.54, 1.807) is 13.0 Å². The molecular weight excluding hydrogens is 346 g/mol. The lowest BCUT2D eigenvalue weighted by Crippen LogP contribution is -2.29. The van der Waals surface area contributed by atoms with Gasteiger partial charge in [-0.25, -0.2) is 0 Å². The van der Waals surface area contributed by atoms with Crippen molar-refractivity contribution in [2.24, 2.45) is 10.9 Å². The third kappa shape index (κ3) is 5.82. The maximum Gasteiger partial charge on any atom is 0.266 e. The highest BCUT2D eigenvalue weighted by Gasteiger charge is 2.11. The zero-order valence-electron chi connectivity index (χ0n) is 15.5. The van der Waals surface area contributed by atoms with E-state index in [4.69, 9.17) is 15.1 Å². The molecule has 144 valence electrons. The van der Waals surface area contributed by atoms with Crippen LogP contribution >= 0.6 is 0 Å². The fraction of sp³-hybridized carbons (Fsp3) is 0.421. The number of likely N-dealkylation sites (tertiary alicyclic amines) is 1. The quantitative estimate of drug-likeness (QED) is 0.439. The van der Waals surface area contributed by atoms with Crippen molar-refractivity contribution in [3.05, 3.63) is 47.2 Å². The standard InChI is InChI=1S/C19H25N5O3/c1-14-10-17(22-27-14)21-18(25)13-26-23-19(20)16-7-5-6-15(11-16)12-24-8-3-2-4-9-24/h5-7,10-11H,2-4,8-9,12-13H2,1H3,(H2,20,23)(H,21,22,25). The van der Waals surface area contributed by atoms with Crippen LogP contribution in [-0.4, -0.2) is 41.5 Å². The summed E-state index contributed by atoms with van der Waals surface area (Å²) >= 11 is 0. The summed E-state index contributed by atoms with van der Waals surface area (Å²) in [6, 6.07) is 9.54. The molecule has 0 atom stereocenters. The minimum absolute atomic E-state index is 0.237. The second-order valence-electron chi connectivity index (χ2n) is 6.66. The van der Waals surface area contributed by atoms with Gasteiger partial charge in [0.25, 0.3) is 5.91 Å². The molecule has 1 amide bonds. The topological polar surface area (TPSA) is 106 Å². The van der Waals surface area contributed by atoms with Crippen LogP contribution in [0.25, 0.3) is 0 Å². The predicted octanol–water partition coefficient (Wildman–Crippen LogP) is 2.24. The fourth-order valence-corrected chi connectivity index (χ4v) is 3.02. The molecule has 0 spiro atoms. The first-order valence-corrected chi connectivity index (χ1v) is 9.10. The van der Waals surface area contributed by atoms with E-state index in [-0.39, 0.29) is 12.4 Å². The lowest BCUT2D eigenvalue weighted by atomic mass is 10.1. The van der Waals surface area contributed by atoms with Crippen LogP contribution in [0.1, 0.15) is 36.1 Å². The minimum Gasteiger partial charge on any atom is -0.384 e. The highest BCUT2D eigenvalue weighted by atomic mass is 16.6. The summed E-state index contributed by atoms with van der Waals surface area (Å²) in [7, 11) is 0. The van der Waals surface area contributed by atoms with E-state index in [1.165, 1.54) is 24.8 Å². The van der Waals surface area contributed by atoms with E-state index in [0.717, 1.165) is 25.2 Å². The number of nitrogens with one attached hydrogen (secondary N) is 1. The SMILES string of the molecule is Cc1cc(NC(=O)CO/N=C(/N)c2cccc(CN3CCCCC3)c2)no1. The number of hydrogen-bond acceptors (Lipinski definition) is 6. The van der Waals surface area contributed by atoms with Gasteiger partial charge in [-0.3, -0.25) is 9.69 Å². The van der Waals surface area contributed by atoms with Crippen molar-refractivity contribution >= 4 is 17.6 Å². The molecule has 8 heteroatoms. The molecule has 3 rings (SSSR count). The molecule has 0 saturated carbocycles. The molecule has 0 unspecified atom stereocenters. The van der Waals surface area contributed by atoms with Gasteiger partial charge >= 0.3 is 0 Å². The average molecular weight is 371 g/mol. The number of carbonyl (C=O) groups excluding carboxylic acids is 1. The Bertz CT molecular complexity index is 796. The first kappa shape index (κ1) is 18.9. The Morgan fingerprint density at radius 1 is 1.33 bits per heavy atom. The summed E-state index contributed by atoms with van der Waals surface area (Å²) in [5, 5.41) is 10.1. The van der Waals surface area contributed by atoms with Gasteiger partial charge in [-0.15, -0.1) is 0 Å². The van der Waals surface area contributed by atoms with Crippen molar-refractivity contribution in [2.45, 2.75) is 32.7 Å². The van der Waals surface area contributed by atoms with E-state index >= 15 is 0 Å². The van der Waals surface area contributed by atoms with Crippen LogP contribution in [0, 0.1) is 6.92 Å². The average Bonchev–Trinajstić information content (AvgIpc) is 3.07. The van der Waals surface area contributed by atoms with Crippen LogP contribution < -0.4 is 11.1 Å². The predicted molar refractivity (Wildman–Crippen MR) is 102 cm³/mol. The second-order valence-corrected chi connectivity index (χ2v) is 6.66. The molecule has 1 aliphatic rings. The third-order valence-electron chi connectivity index (χ3n) is 4.33. The fourth-order valence-electron chi connectivity index (χ4n) is 3.02.